The van der Waals surface area contributed by atoms with Crippen molar-refractivity contribution in [3.63, 3.8) is 0 Å². The van der Waals surface area contributed by atoms with Gasteiger partial charge in [-0.2, -0.15) is 0 Å². The molecular formula is C9H22O3Si2. The molecule has 0 aliphatic carbocycles. The molecule has 84 valence electrons. The van der Waals surface area contributed by atoms with E-state index in [1.807, 2.05) is 0 Å². The van der Waals surface area contributed by atoms with Crippen molar-refractivity contribution >= 4 is 17.1 Å². The van der Waals surface area contributed by atoms with Gasteiger partial charge in [0.15, 0.2) is 0 Å². The van der Waals surface area contributed by atoms with E-state index in [4.69, 9.17) is 13.0 Å². The summed E-state index contributed by atoms with van der Waals surface area (Å²) in [5.74, 6) is 0. The van der Waals surface area contributed by atoms with Crippen molar-refractivity contribution in [1.82, 2.24) is 0 Å². The molecule has 1 heterocycles. The molecule has 14 heavy (non-hydrogen) atoms. The van der Waals surface area contributed by atoms with Crippen molar-refractivity contribution in [1.29, 1.82) is 0 Å². The molecule has 3 nitrogen and oxygen atoms in total. The first-order chi connectivity index (χ1) is 6.12. The molecule has 1 fully saturated rings. The zero-order chi connectivity index (χ0) is 11.0. The van der Waals surface area contributed by atoms with Crippen molar-refractivity contribution in [2.75, 3.05) is 13.2 Å². The van der Waals surface area contributed by atoms with Gasteiger partial charge in [0.25, 0.3) is 0 Å². The number of hydrogen-bond acceptors (Lipinski definition) is 3. The Morgan fingerprint density at radius 1 is 0.857 bits per heavy atom. The molecule has 0 atom stereocenters. The molecule has 0 aromatic heterocycles. The first-order valence-corrected chi connectivity index (χ1v) is 10.7. The summed E-state index contributed by atoms with van der Waals surface area (Å²) in [6.45, 7) is 14.2. The maximum atomic E-state index is 5.99. The second kappa shape index (κ2) is 3.71. The topological polar surface area (TPSA) is 27.7 Å². The van der Waals surface area contributed by atoms with Crippen LogP contribution in [0.2, 0.25) is 26.2 Å². The third-order valence-electron chi connectivity index (χ3n) is 2.11. The van der Waals surface area contributed by atoms with E-state index >= 15 is 0 Å². The summed E-state index contributed by atoms with van der Waals surface area (Å²) in [5.41, 5.74) is 0.109. The van der Waals surface area contributed by atoms with Crippen LogP contribution < -0.4 is 0 Å². The Hall–Kier alpha value is 0.314. The third-order valence-corrected chi connectivity index (χ3v) is 7.72. The largest absolute Gasteiger partial charge is 0.415 e. The van der Waals surface area contributed by atoms with E-state index in [0.717, 1.165) is 13.2 Å². The molecule has 1 aliphatic rings. The smallest absolute Gasteiger partial charge is 0.322 e. The quantitative estimate of drug-likeness (QED) is 0.603. The average Bonchev–Trinajstić information content (AvgIpc) is 1.96. The average molecular weight is 234 g/mol. The molecule has 0 unspecified atom stereocenters. The van der Waals surface area contributed by atoms with Gasteiger partial charge in [0.1, 0.15) is 0 Å². The van der Waals surface area contributed by atoms with E-state index in [1.165, 1.54) is 0 Å². The van der Waals surface area contributed by atoms with Gasteiger partial charge in [-0.15, -0.1) is 0 Å². The van der Waals surface area contributed by atoms with Crippen LogP contribution in [0.3, 0.4) is 0 Å². The monoisotopic (exact) mass is 234 g/mol. The van der Waals surface area contributed by atoms with Crippen LogP contribution in [0.5, 0.6) is 0 Å². The van der Waals surface area contributed by atoms with Crippen LogP contribution >= 0.6 is 0 Å². The highest BCUT2D eigenvalue weighted by Crippen LogP contribution is 2.27. The molecule has 0 saturated carbocycles. The lowest BCUT2D eigenvalue weighted by Crippen LogP contribution is -2.53. The lowest BCUT2D eigenvalue weighted by molar-refractivity contribution is 0.0524. The lowest BCUT2D eigenvalue weighted by Gasteiger charge is -2.40. The minimum atomic E-state index is -1.96. The SMILES string of the molecule is CC1(C)CO[Si](C)(C)O[Si](C)(C)OC1. The standard InChI is InChI=1S/C9H22O3Si2/c1-9(2)7-10-13(3,4)12-14(5,6)11-8-9/h7-8H2,1-6H3. The van der Waals surface area contributed by atoms with E-state index in [-0.39, 0.29) is 5.41 Å². The van der Waals surface area contributed by atoms with Gasteiger partial charge in [-0.1, -0.05) is 13.8 Å². The van der Waals surface area contributed by atoms with E-state index in [1.54, 1.807) is 0 Å². The summed E-state index contributed by atoms with van der Waals surface area (Å²) in [6, 6.07) is 0. The van der Waals surface area contributed by atoms with Crippen molar-refractivity contribution in [2.45, 2.75) is 40.0 Å². The van der Waals surface area contributed by atoms with Gasteiger partial charge in [0, 0.05) is 18.6 Å². The Labute approximate surface area is 89.2 Å². The molecule has 1 rings (SSSR count). The van der Waals surface area contributed by atoms with Gasteiger partial charge >= 0.3 is 17.1 Å². The molecule has 5 heteroatoms. The second-order valence-electron chi connectivity index (χ2n) is 5.64. The Bertz CT molecular complexity index is 194. The highest BCUT2D eigenvalue weighted by atomic mass is 28.5. The van der Waals surface area contributed by atoms with Crippen molar-refractivity contribution in [2.24, 2.45) is 5.41 Å². The van der Waals surface area contributed by atoms with Gasteiger partial charge in [-0.3, -0.25) is 0 Å². The Morgan fingerprint density at radius 3 is 1.57 bits per heavy atom. The minimum absolute atomic E-state index is 0.109. The normalized spacial score (nSPS) is 30.4. The Kier molecular flexibility index (Phi) is 3.29. The predicted molar refractivity (Wildman–Crippen MR) is 61.7 cm³/mol. The van der Waals surface area contributed by atoms with Crippen LogP contribution in [0.4, 0.5) is 0 Å². The highest BCUT2D eigenvalue weighted by Gasteiger charge is 2.41. The maximum absolute atomic E-state index is 5.99. The fraction of sp³-hybridized carbons (Fsp3) is 1.00. The van der Waals surface area contributed by atoms with Crippen molar-refractivity contribution < 1.29 is 13.0 Å². The maximum Gasteiger partial charge on any atom is 0.322 e. The summed E-state index contributed by atoms with van der Waals surface area (Å²) < 4.78 is 17.8. The summed E-state index contributed by atoms with van der Waals surface area (Å²) in [7, 11) is -3.92. The molecule has 0 aromatic carbocycles. The molecular weight excluding hydrogens is 212 g/mol. The molecule has 1 aliphatic heterocycles. The van der Waals surface area contributed by atoms with Crippen LogP contribution in [0.1, 0.15) is 13.8 Å². The van der Waals surface area contributed by atoms with E-state index < -0.39 is 17.1 Å². The van der Waals surface area contributed by atoms with Gasteiger partial charge < -0.3 is 13.0 Å². The number of rotatable bonds is 0. The second-order valence-corrected chi connectivity index (χ2v) is 12.6. The molecule has 0 radical (unpaired) electrons. The molecule has 0 bridgehead atoms. The zero-order valence-electron chi connectivity index (χ0n) is 10.1. The minimum Gasteiger partial charge on any atom is -0.415 e. The summed E-state index contributed by atoms with van der Waals surface area (Å²) in [5, 5.41) is 0. The summed E-state index contributed by atoms with van der Waals surface area (Å²) in [6.07, 6.45) is 0. The molecule has 0 spiro atoms. The van der Waals surface area contributed by atoms with Crippen molar-refractivity contribution in [3.8, 4) is 0 Å². The van der Waals surface area contributed by atoms with Crippen LogP contribution in [0.15, 0.2) is 0 Å². The molecule has 0 N–H and O–H groups in total. The van der Waals surface area contributed by atoms with E-state index in [2.05, 4.69) is 40.0 Å². The van der Waals surface area contributed by atoms with Crippen LogP contribution in [-0.2, 0) is 13.0 Å². The molecule has 1 saturated heterocycles. The van der Waals surface area contributed by atoms with Crippen LogP contribution in [0.25, 0.3) is 0 Å². The lowest BCUT2D eigenvalue weighted by atomic mass is 9.97. The van der Waals surface area contributed by atoms with Gasteiger partial charge in [-0.05, 0) is 26.2 Å². The van der Waals surface area contributed by atoms with Crippen LogP contribution in [-0.4, -0.2) is 30.3 Å². The summed E-state index contributed by atoms with van der Waals surface area (Å²) in [4.78, 5) is 0. The fourth-order valence-electron chi connectivity index (χ4n) is 1.43. The number of hydrogen-bond donors (Lipinski definition) is 0. The third kappa shape index (κ3) is 3.82. The van der Waals surface area contributed by atoms with Gasteiger partial charge in [0.05, 0.1) is 0 Å². The first kappa shape index (κ1) is 12.4. The fourth-order valence-corrected chi connectivity index (χ4v) is 8.11. The first-order valence-electron chi connectivity index (χ1n) is 5.10. The van der Waals surface area contributed by atoms with E-state index in [9.17, 15) is 0 Å². The summed E-state index contributed by atoms with van der Waals surface area (Å²) >= 11 is 0. The Balaban J connectivity index is 2.75. The van der Waals surface area contributed by atoms with Gasteiger partial charge in [-0.25, -0.2) is 0 Å². The van der Waals surface area contributed by atoms with Crippen molar-refractivity contribution in [3.05, 3.63) is 0 Å². The van der Waals surface area contributed by atoms with E-state index in [0.29, 0.717) is 0 Å². The molecule has 0 amide bonds. The highest BCUT2D eigenvalue weighted by molar-refractivity contribution is 6.78. The Morgan fingerprint density at radius 2 is 1.21 bits per heavy atom. The van der Waals surface area contributed by atoms with Gasteiger partial charge in [0.2, 0.25) is 0 Å². The zero-order valence-corrected chi connectivity index (χ0v) is 12.1. The van der Waals surface area contributed by atoms with Crippen LogP contribution in [0, 0.1) is 5.41 Å². The molecule has 0 aromatic rings. The predicted octanol–water partition coefficient (Wildman–Crippen LogP) is 2.48.